The summed E-state index contributed by atoms with van der Waals surface area (Å²) in [5.41, 5.74) is 4.47. The van der Waals surface area contributed by atoms with Gasteiger partial charge in [-0.25, -0.2) is 9.59 Å². The van der Waals surface area contributed by atoms with Crippen molar-refractivity contribution in [1.29, 1.82) is 0 Å². The molecule has 41 heavy (non-hydrogen) atoms. The maximum Gasteiger partial charge on any atom is 0.411 e. The number of ether oxygens (including phenoxy) is 3. The van der Waals surface area contributed by atoms with Gasteiger partial charge in [-0.05, 0) is 68.2 Å². The number of rotatable bonds is 11. The lowest BCUT2D eigenvalue weighted by Crippen LogP contribution is -2.40. The summed E-state index contributed by atoms with van der Waals surface area (Å²) in [4.78, 5) is 36.9. The van der Waals surface area contributed by atoms with Crippen molar-refractivity contribution < 1.29 is 28.6 Å². The van der Waals surface area contributed by atoms with Crippen LogP contribution in [0.5, 0.6) is 0 Å². The number of benzene rings is 3. The summed E-state index contributed by atoms with van der Waals surface area (Å²) in [5, 5.41) is 5.87. The molecule has 0 aliphatic heterocycles. The Bertz CT molecular complexity index is 1270. The molecule has 0 spiro atoms. The van der Waals surface area contributed by atoms with Gasteiger partial charge in [0.05, 0.1) is 12.3 Å². The third-order valence-corrected chi connectivity index (χ3v) is 7.04. The fraction of sp³-hybridized carbons (Fsp3) is 0.364. The Morgan fingerprint density at radius 1 is 0.805 bits per heavy atom. The number of alkyl carbamates (subject to hydrolysis) is 1. The van der Waals surface area contributed by atoms with Gasteiger partial charge in [-0.2, -0.15) is 0 Å². The van der Waals surface area contributed by atoms with Crippen LogP contribution in [0.3, 0.4) is 0 Å². The van der Waals surface area contributed by atoms with Crippen LogP contribution < -0.4 is 10.6 Å². The number of nitrogens with one attached hydrogen (secondary N) is 2. The zero-order valence-corrected chi connectivity index (χ0v) is 23.5. The average Bonchev–Trinajstić information content (AvgIpc) is 2.98. The summed E-state index contributed by atoms with van der Waals surface area (Å²) in [7, 11) is 0. The summed E-state index contributed by atoms with van der Waals surface area (Å²) >= 11 is 0. The normalized spacial score (nSPS) is 16.3. The first-order chi connectivity index (χ1) is 20.0. The van der Waals surface area contributed by atoms with Gasteiger partial charge in [0.2, 0.25) is 0 Å². The number of carbonyl (C=O) groups excluding carboxylic acids is 3. The molecule has 0 saturated heterocycles. The molecular formula is C33H38N2O6. The van der Waals surface area contributed by atoms with E-state index < -0.39 is 12.2 Å². The van der Waals surface area contributed by atoms with E-state index in [4.69, 9.17) is 14.2 Å². The van der Waals surface area contributed by atoms with E-state index in [0.29, 0.717) is 57.2 Å². The molecule has 1 fully saturated rings. The van der Waals surface area contributed by atoms with Gasteiger partial charge >= 0.3 is 18.2 Å². The van der Waals surface area contributed by atoms with Gasteiger partial charge in [-0.3, -0.25) is 10.1 Å². The van der Waals surface area contributed by atoms with Crippen LogP contribution in [-0.2, 0) is 32.0 Å². The first-order valence-corrected chi connectivity index (χ1v) is 14.3. The minimum Gasteiger partial charge on any atom is -0.466 e. The van der Waals surface area contributed by atoms with Crippen LogP contribution in [-0.4, -0.2) is 36.9 Å². The monoisotopic (exact) mass is 558 g/mol. The summed E-state index contributed by atoms with van der Waals surface area (Å²) < 4.78 is 16.1. The number of carbonyl (C=O) groups is 3. The van der Waals surface area contributed by atoms with Crippen LogP contribution in [0.4, 0.5) is 15.3 Å². The SMILES string of the molecule is CCOC(=O)CCCc1ccc(-c2ccccc2)c(NC(=O)O[C@H]2CC[C@H](NC(=O)OCc3ccccc3)CC2)c1. The van der Waals surface area contributed by atoms with E-state index in [-0.39, 0.29) is 24.7 Å². The first kappa shape index (κ1) is 29.6. The Hall–Kier alpha value is -4.33. The van der Waals surface area contributed by atoms with Crippen molar-refractivity contribution in [3.8, 4) is 11.1 Å². The van der Waals surface area contributed by atoms with Crippen molar-refractivity contribution in [2.75, 3.05) is 11.9 Å². The minimum atomic E-state index is -0.510. The summed E-state index contributed by atoms with van der Waals surface area (Å²) in [6.07, 6.45) is 3.20. The van der Waals surface area contributed by atoms with Crippen molar-refractivity contribution in [3.05, 3.63) is 90.0 Å². The van der Waals surface area contributed by atoms with E-state index in [1.165, 1.54) is 0 Å². The Morgan fingerprint density at radius 3 is 2.22 bits per heavy atom. The molecule has 4 rings (SSSR count). The summed E-state index contributed by atoms with van der Waals surface area (Å²) in [6.45, 7) is 2.40. The van der Waals surface area contributed by atoms with Crippen LogP contribution in [0.25, 0.3) is 11.1 Å². The molecule has 2 amide bonds. The predicted molar refractivity (Wildman–Crippen MR) is 157 cm³/mol. The van der Waals surface area contributed by atoms with Crippen molar-refractivity contribution in [2.45, 2.75) is 70.6 Å². The first-order valence-electron chi connectivity index (χ1n) is 14.3. The van der Waals surface area contributed by atoms with E-state index in [0.717, 1.165) is 22.3 Å². The second-order valence-corrected chi connectivity index (χ2v) is 10.1. The fourth-order valence-corrected chi connectivity index (χ4v) is 4.94. The van der Waals surface area contributed by atoms with Crippen LogP contribution in [0.15, 0.2) is 78.9 Å². The average molecular weight is 559 g/mol. The fourth-order valence-electron chi connectivity index (χ4n) is 4.94. The topological polar surface area (TPSA) is 103 Å². The zero-order chi connectivity index (χ0) is 28.9. The molecule has 3 aromatic rings. The number of esters is 1. The quantitative estimate of drug-likeness (QED) is 0.194. The van der Waals surface area contributed by atoms with Gasteiger partial charge in [0.15, 0.2) is 0 Å². The van der Waals surface area contributed by atoms with Crippen molar-refractivity contribution >= 4 is 23.8 Å². The van der Waals surface area contributed by atoms with Crippen molar-refractivity contribution in [3.63, 3.8) is 0 Å². The Kier molecular flexibility index (Phi) is 11.2. The lowest BCUT2D eigenvalue weighted by molar-refractivity contribution is -0.143. The highest BCUT2D eigenvalue weighted by Gasteiger charge is 2.26. The number of hydrogen-bond acceptors (Lipinski definition) is 6. The van der Waals surface area contributed by atoms with Gasteiger partial charge in [-0.15, -0.1) is 0 Å². The molecule has 0 atom stereocenters. The molecule has 0 heterocycles. The van der Waals surface area contributed by atoms with Crippen LogP contribution in [0.1, 0.15) is 56.6 Å². The number of anilines is 1. The predicted octanol–water partition coefficient (Wildman–Crippen LogP) is 7.03. The molecule has 0 bridgehead atoms. The molecule has 0 aromatic heterocycles. The van der Waals surface area contributed by atoms with Gasteiger partial charge in [0.25, 0.3) is 0 Å². The third kappa shape index (κ3) is 9.67. The third-order valence-electron chi connectivity index (χ3n) is 7.04. The van der Waals surface area contributed by atoms with E-state index >= 15 is 0 Å². The molecule has 8 nitrogen and oxygen atoms in total. The van der Waals surface area contributed by atoms with Gasteiger partial charge in [0.1, 0.15) is 12.7 Å². The standard InChI is InChI=1S/C33H38N2O6/c1-2-39-31(36)15-9-12-24-16-21-29(26-13-7-4-8-14-26)30(22-24)35-33(38)41-28-19-17-27(18-20-28)34-32(37)40-23-25-10-5-3-6-11-25/h3-8,10-11,13-14,16,21-22,27-28H,2,9,12,15,17-20,23H2,1H3,(H,34,37)(H,35,38)/t27-,28-. The molecule has 216 valence electrons. The van der Waals surface area contributed by atoms with E-state index in [2.05, 4.69) is 10.6 Å². The van der Waals surface area contributed by atoms with Crippen LogP contribution >= 0.6 is 0 Å². The van der Waals surface area contributed by atoms with Gasteiger partial charge in [-0.1, -0.05) is 72.8 Å². The Morgan fingerprint density at radius 2 is 1.51 bits per heavy atom. The lowest BCUT2D eigenvalue weighted by Gasteiger charge is -2.28. The molecular weight excluding hydrogens is 520 g/mol. The molecule has 3 aromatic carbocycles. The number of amides is 2. The highest BCUT2D eigenvalue weighted by molar-refractivity contribution is 5.91. The Balaban J connectivity index is 1.28. The van der Waals surface area contributed by atoms with Gasteiger partial charge in [0, 0.05) is 18.0 Å². The highest BCUT2D eigenvalue weighted by Crippen LogP contribution is 2.30. The van der Waals surface area contributed by atoms with Gasteiger partial charge < -0.3 is 19.5 Å². The van der Waals surface area contributed by atoms with Crippen LogP contribution in [0, 0.1) is 0 Å². The minimum absolute atomic E-state index is 0.0165. The largest absolute Gasteiger partial charge is 0.466 e. The highest BCUT2D eigenvalue weighted by atomic mass is 16.6. The zero-order valence-electron chi connectivity index (χ0n) is 23.5. The maximum atomic E-state index is 12.9. The molecule has 1 saturated carbocycles. The molecule has 2 N–H and O–H groups in total. The van der Waals surface area contributed by atoms with E-state index in [1.807, 2.05) is 78.9 Å². The lowest BCUT2D eigenvalue weighted by atomic mass is 9.93. The Labute approximate surface area is 241 Å². The maximum absolute atomic E-state index is 12.9. The summed E-state index contributed by atoms with van der Waals surface area (Å²) in [5.74, 6) is -0.204. The smallest absolute Gasteiger partial charge is 0.411 e. The number of hydrogen-bond donors (Lipinski definition) is 2. The molecule has 8 heteroatoms. The van der Waals surface area contributed by atoms with E-state index in [1.54, 1.807) is 6.92 Å². The molecule has 0 radical (unpaired) electrons. The molecule has 1 aliphatic rings. The van der Waals surface area contributed by atoms with Crippen LogP contribution in [0.2, 0.25) is 0 Å². The molecule has 0 unspecified atom stereocenters. The van der Waals surface area contributed by atoms with Crippen molar-refractivity contribution in [1.82, 2.24) is 5.32 Å². The second kappa shape index (κ2) is 15.5. The van der Waals surface area contributed by atoms with Crippen molar-refractivity contribution in [2.24, 2.45) is 0 Å². The second-order valence-electron chi connectivity index (χ2n) is 10.1. The summed E-state index contributed by atoms with van der Waals surface area (Å²) in [6, 6.07) is 25.3. The number of aryl methyl sites for hydroxylation is 1. The molecule has 1 aliphatic carbocycles. The van der Waals surface area contributed by atoms with E-state index in [9.17, 15) is 14.4 Å².